The van der Waals surface area contributed by atoms with Crippen LogP contribution in [0, 0.1) is 0 Å². The molecule has 0 fully saturated rings. The summed E-state index contributed by atoms with van der Waals surface area (Å²) in [6, 6.07) is -1.54. The van der Waals surface area contributed by atoms with Crippen molar-refractivity contribution in [3.05, 3.63) is 0 Å². The number of unbranched alkanes of at least 4 members (excludes halogenated alkanes) is 26. The predicted molar refractivity (Wildman–Crippen MR) is 277 cm³/mol. The van der Waals surface area contributed by atoms with Crippen LogP contribution in [-0.4, -0.2) is 90.5 Å². The van der Waals surface area contributed by atoms with Crippen molar-refractivity contribution >= 4 is 29.7 Å². The van der Waals surface area contributed by atoms with Crippen LogP contribution in [0.2, 0.25) is 0 Å². The molecule has 0 aliphatic rings. The van der Waals surface area contributed by atoms with E-state index in [0.717, 1.165) is 70.6 Å². The Morgan fingerprint density at radius 3 is 1.47 bits per heavy atom. The lowest BCUT2D eigenvalue weighted by Crippen LogP contribution is -2.48. The Morgan fingerprint density at radius 1 is 0.500 bits per heavy atom. The maximum atomic E-state index is 13.6. The smallest absolute Gasteiger partial charge is 0.306 e. The summed E-state index contributed by atoms with van der Waals surface area (Å²) in [6.45, 7) is 7.09. The molecule has 0 saturated carbocycles. The Hall–Kier alpha value is -2.77. The number of carbonyl (C=O) groups is 5. The summed E-state index contributed by atoms with van der Waals surface area (Å²) >= 11 is 0. The molecule has 13 nitrogen and oxygen atoms in total. The first kappa shape index (κ1) is 65.2. The lowest BCUT2D eigenvalue weighted by atomic mass is 10.0. The fraction of sp³-hybridized carbons (Fsp3) is 0.909. The van der Waals surface area contributed by atoms with Crippen LogP contribution in [0.3, 0.4) is 0 Å². The van der Waals surface area contributed by atoms with Crippen molar-refractivity contribution in [3.63, 3.8) is 0 Å². The maximum absolute atomic E-state index is 13.6. The van der Waals surface area contributed by atoms with E-state index in [2.05, 4.69) is 36.7 Å². The average Bonchev–Trinajstić information content (AvgIpc) is 3.31. The number of aliphatic hydroxyl groups is 2. The van der Waals surface area contributed by atoms with Crippen LogP contribution in [0.1, 0.15) is 271 Å². The van der Waals surface area contributed by atoms with Gasteiger partial charge < -0.3 is 41.4 Å². The molecule has 0 spiro atoms. The molecule has 0 aromatic rings. The molecule has 0 aromatic heterocycles. The second-order valence-electron chi connectivity index (χ2n) is 19.6. The van der Waals surface area contributed by atoms with Crippen molar-refractivity contribution in [2.75, 3.05) is 26.3 Å². The van der Waals surface area contributed by atoms with Crippen LogP contribution in [0.15, 0.2) is 0 Å². The molecule has 400 valence electrons. The van der Waals surface area contributed by atoms with Gasteiger partial charge in [0.1, 0.15) is 12.1 Å². The molecule has 0 aliphatic carbocycles. The van der Waals surface area contributed by atoms with Crippen LogP contribution < -0.4 is 21.7 Å². The third kappa shape index (κ3) is 43.3. The van der Waals surface area contributed by atoms with E-state index >= 15 is 0 Å². The number of nitrogens with two attached hydrogens (primary N) is 1. The number of carbonyl (C=O) groups excluding carboxylic acids is 5. The second kappa shape index (κ2) is 49.2. The van der Waals surface area contributed by atoms with E-state index in [0.29, 0.717) is 45.1 Å². The number of hydrogen-bond donors (Lipinski definition) is 6. The first-order chi connectivity index (χ1) is 33.1. The van der Waals surface area contributed by atoms with E-state index < -0.39 is 36.1 Å². The van der Waals surface area contributed by atoms with Gasteiger partial charge >= 0.3 is 11.9 Å². The molecule has 13 heteroatoms. The van der Waals surface area contributed by atoms with Gasteiger partial charge in [-0.2, -0.15) is 0 Å². The molecule has 7 N–H and O–H groups in total. The average molecular weight is 967 g/mol. The van der Waals surface area contributed by atoms with Crippen LogP contribution in [0.4, 0.5) is 0 Å². The number of hydrogen-bond acceptors (Lipinski definition) is 10. The summed E-state index contributed by atoms with van der Waals surface area (Å²) in [6.07, 6.45) is 34.7. The predicted octanol–water partition coefficient (Wildman–Crippen LogP) is 11.1. The van der Waals surface area contributed by atoms with Gasteiger partial charge in [0, 0.05) is 25.8 Å². The minimum Gasteiger partial charge on any atom is -0.466 e. The van der Waals surface area contributed by atoms with Crippen molar-refractivity contribution in [2.45, 2.75) is 295 Å². The summed E-state index contributed by atoms with van der Waals surface area (Å²) in [5, 5.41) is 29.0. The highest BCUT2D eigenvalue weighted by atomic mass is 16.5. The molecule has 0 rings (SSSR count). The highest BCUT2D eigenvalue weighted by Gasteiger charge is 2.25. The minimum atomic E-state index is -1.00. The van der Waals surface area contributed by atoms with Crippen LogP contribution in [-0.2, 0) is 33.4 Å². The van der Waals surface area contributed by atoms with Crippen LogP contribution in [0.25, 0.3) is 0 Å². The van der Waals surface area contributed by atoms with Crippen molar-refractivity contribution in [1.29, 1.82) is 0 Å². The summed E-state index contributed by atoms with van der Waals surface area (Å²) < 4.78 is 11.4. The van der Waals surface area contributed by atoms with E-state index in [1.807, 2.05) is 0 Å². The van der Waals surface area contributed by atoms with Crippen molar-refractivity contribution in [1.82, 2.24) is 16.0 Å². The first-order valence-corrected chi connectivity index (χ1v) is 28.3. The number of nitrogens with one attached hydrogen (secondary N) is 3. The van der Waals surface area contributed by atoms with Gasteiger partial charge in [0.15, 0.2) is 0 Å². The number of rotatable bonds is 51. The molecular weight excluding hydrogens is 861 g/mol. The summed E-state index contributed by atoms with van der Waals surface area (Å²) in [5.41, 5.74) is 5.57. The lowest BCUT2D eigenvalue weighted by Gasteiger charge is -2.22. The van der Waals surface area contributed by atoms with Gasteiger partial charge in [0.2, 0.25) is 17.7 Å². The lowest BCUT2D eigenvalue weighted by molar-refractivity contribution is -0.151. The molecule has 0 unspecified atom stereocenters. The molecule has 0 saturated heterocycles. The summed E-state index contributed by atoms with van der Waals surface area (Å²) in [4.78, 5) is 65.4. The van der Waals surface area contributed by atoms with E-state index in [1.165, 1.54) is 116 Å². The van der Waals surface area contributed by atoms with Gasteiger partial charge in [0.25, 0.3) is 0 Å². The van der Waals surface area contributed by atoms with E-state index in [4.69, 9.17) is 15.2 Å². The van der Waals surface area contributed by atoms with Gasteiger partial charge in [-0.15, -0.1) is 0 Å². The third-order valence-electron chi connectivity index (χ3n) is 12.9. The summed E-state index contributed by atoms with van der Waals surface area (Å²) in [7, 11) is 0. The van der Waals surface area contributed by atoms with E-state index in [-0.39, 0.29) is 63.3 Å². The molecule has 0 aliphatic heterocycles. The molecule has 0 heterocycles. The first-order valence-electron chi connectivity index (χ1n) is 28.3. The fourth-order valence-corrected chi connectivity index (χ4v) is 8.58. The normalized spacial score (nSPS) is 13.1. The van der Waals surface area contributed by atoms with Gasteiger partial charge in [-0.05, 0) is 57.9 Å². The minimum absolute atomic E-state index is 0.0253. The van der Waals surface area contributed by atoms with Gasteiger partial charge in [-0.3, -0.25) is 24.0 Å². The van der Waals surface area contributed by atoms with Crippen LogP contribution >= 0.6 is 0 Å². The maximum Gasteiger partial charge on any atom is 0.306 e. The monoisotopic (exact) mass is 967 g/mol. The topological polar surface area (TPSA) is 206 Å². The molecule has 3 amide bonds. The van der Waals surface area contributed by atoms with Crippen molar-refractivity contribution in [3.8, 4) is 0 Å². The number of ether oxygens (including phenoxy) is 2. The van der Waals surface area contributed by atoms with E-state index in [9.17, 15) is 34.2 Å². The Morgan fingerprint density at radius 2 is 0.956 bits per heavy atom. The zero-order valence-corrected chi connectivity index (χ0v) is 44.0. The van der Waals surface area contributed by atoms with Gasteiger partial charge in [-0.1, -0.05) is 188 Å². The zero-order chi connectivity index (χ0) is 50.1. The number of esters is 2. The standard InChI is InChI=1S/C55H106N4O9/c1-4-7-10-13-16-19-22-25-29-36-48(61)44-51(62)58-47(46-60)35-34-42-57-55(66)50(40-43-67-53(64)38-32-28-33-41-56)59-52(63)45-49(37-30-26-23-20-17-14-11-8-5-2)68-54(65)39-31-27-24-21-18-15-12-9-6-3/h47-50,60-61H,4-46,56H2,1-3H3,(H,57,66)(H,58,62)(H,59,63)/t47-,48-,49-,50+/m1/s1. The Labute approximate surface area is 415 Å². The Bertz CT molecular complexity index is 1210. The molecule has 68 heavy (non-hydrogen) atoms. The van der Waals surface area contributed by atoms with Gasteiger partial charge in [-0.25, -0.2) is 0 Å². The second-order valence-corrected chi connectivity index (χ2v) is 19.6. The molecule has 0 radical (unpaired) electrons. The zero-order valence-electron chi connectivity index (χ0n) is 44.0. The molecular formula is C55H106N4O9. The Kier molecular flexibility index (Phi) is 47.2. The SMILES string of the molecule is CCCCCCCCCCCC(=O)O[C@H](CCCCCCCCCCC)CC(=O)N[C@@H](CCOC(=O)CCCCCN)C(=O)NCCC[C@H](CO)NC(=O)C[C@H](O)CCCCCCCCCCC. The van der Waals surface area contributed by atoms with Crippen LogP contribution in [0.5, 0.6) is 0 Å². The summed E-state index contributed by atoms with van der Waals surface area (Å²) in [5.74, 6) is -1.85. The largest absolute Gasteiger partial charge is 0.466 e. The third-order valence-corrected chi connectivity index (χ3v) is 12.9. The van der Waals surface area contributed by atoms with E-state index in [1.54, 1.807) is 0 Å². The van der Waals surface area contributed by atoms with Crippen molar-refractivity contribution in [2.24, 2.45) is 5.73 Å². The fourth-order valence-electron chi connectivity index (χ4n) is 8.58. The Balaban J connectivity index is 5.30. The quantitative estimate of drug-likeness (QED) is 0.0251. The number of amides is 3. The molecule has 4 atom stereocenters. The number of aliphatic hydroxyl groups excluding tert-OH is 2. The highest BCUT2D eigenvalue weighted by Crippen LogP contribution is 2.18. The van der Waals surface area contributed by atoms with Gasteiger partial charge in [0.05, 0.1) is 38.2 Å². The van der Waals surface area contributed by atoms with Crippen molar-refractivity contribution < 1.29 is 43.7 Å². The highest BCUT2D eigenvalue weighted by molar-refractivity contribution is 5.88. The molecule has 0 aromatic carbocycles. The molecule has 0 bridgehead atoms.